The lowest BCUT2D eigenvalue weighted by molar-refractivity contribution is -0.0453. The maximum absolute atomic E-state index is 10.4. The van der Waals surface area contributed by atoms with Gasteiger partial charge < -0.3 is 25.3 Å². The number of hydrogen-bond acceptors (Lipinski definition) is 6. The van der Waals surface area contributed by atoms with E-state index in [-0.39, 0.29) is 22.7 Å². The molecule has 150 valence electrons. The Labute approximate surface area is 156 Å². The average Bonchev–Trinajstić information content (AvgIpc) is 2.89. The van der Waals surface area contributed by atoms with Crippen LogP contribution in [0.15, 0.2) is 24.3 Å². The second-order valence-corrected chi connectivity index (χ2v) is 8.27. The van der Waals surface area contributed by atoms with Crippen LogP contribution in [-0.4, -0.2) is 70.0 Å². The molecular formula is C17H23NO8S. The molecule has 2 aliphatic heterocycles. The summed E-state index contributed by atoms with van der Waals surface area (Å²) in [6.45, 7) is 1.01. The highest BCUT2D eigenvalue weighted by atomic mass is 32.3. The Morgan fingerprint density at radius 1 is 1.26 bits per heavy atom. The quantitative estimate of drug-likeness (QED) is 0.341. The van der Waals surface area contributed by atoms with E-state index in [1.165, 1.54) is 11.1 Å². The smallest absolute Gasteiger partial charge is 0.394 e. The molecule has 1 aromatic rings. The van der Waals surface area contributed by atoms with E-state index in [0.29, 0.717) is 17.7 Å². The molecule has 27 heavy (non-hydrogen) atoms. The van der Waals surface area contributed by atoms with Crippen molar-refractivity contribution in [2.45, 2.75) is 36.5 Å². The first-order valence-electron chi connectivity index (χ1n) is 8.41. The number of hydrogen-bond donors (Lipinski definition) is 4. The molecular weight excluding hydrogens is 378 g/mol. The maximum atomic E-state index is 10.4. The Bertz CT molecular complexity index is 877. The molecule has 0 amide bonds. The van der Waals surface area contributed by atoms with Crippen molar-refractivity contribution in [2.75, 3.05) is 13.6 Å². The molecule has 5 rings (SSSR count). The zero-order valence-corrected chi connectivity index (χ0v) is 15.4. The first kappa shape index (κ1) is 20.1. The van der Waals surface area contributed by atoms with E-state index in [1.807, 2.05) is 12.1 Å². The van der Waals surface area contributed by atoms with Crippen LogP contribution in [0.3, 0.4) is 0 Å². The molecule has 4 aliphatic rings. The zero-order chi connectivity index (χ0) is 18.9. The monoisotopic (exact) mass is 401 g/mol. The molecule has 1 spiro atoms. The van der Waals surface area contributed by atoms with Gasteiger partial charge in [-0.2, -0.15) is 8.42 Å². The zero-order valence-electron chi connectivity index (χ0n) is 14.6. The Morgan fingerprint density at radius 2 is 1.93 bits per heavy atom. The number of aliphatic hydroxyl groups is 1. The Hall–Kier alpha value is -1.69. The number of nitrogens with zero attached hydrogens (tertiary/aromatic N) is 1. The SMILES string of the molecule is CN1CCC23c4c5ccc(O)c4OC2C(O)C=CC3C1C5.O.O=S(=O)(O)O. The van der Waals surface area contributed by atoms with Crippen LogP contribution in [-0.2, 0) is 22.2 Å². The second-order valence-electron chi connectivity index (χ2n) is 7.38. The van der Waals surface area contributed by atoms with Crippen molar-refractivity contribution in [1.29, 1.82) is 0 Å². The van der Waals surface area contributed by atoms with Gasteiger partial charge in [0.2, 0.25) is 0 Å². The van der Waals surface area contributed by atoms with Gasteiger partial charge in [-0.3, -0.25) is 9.11 Å². The van der Waals surface area contributed by atoms with E-state index in [0.717, 1.165) is 19.4 Å². The third kappa shape index (κ3) is 2.93. The predicted octanol–water partition coefficient (Wildman–Crippen LogP) is -0.279. The van der Waals surface area contributed by atoms with Crippen LogP contribution in [0.4, 0.5) is 0 Å². The molecule has 1 aromatic carbocycles. The summed E-state index contributed by atoms with van der Waals surface area (Å²) in [4.78, 5) is 2.43. The Balaban J connectivity index is 0.000000315. The van der Waals surface area contributed by atoms with Gasteiger partial charge in [-0.05, 0) is 38.1 Å². The van der Waals surface area contributed by atoms with Crippen molar-refractivity contribution >= 4 is 10.4 Å². The third-order valence-corrected chi connectivity index (χ3v) is 6.15. The molecule has 0 aromatic heterocycles. The summed E-state index contributed by atoms with van der Waals surface area (Å²) in [5.74, 6) is 1.19. The minimum Gasteiger partial charge on any atom is -0.504 e. The van der Waals surface area contributed by atoms with Crippen LogP contribution in [0, 0.1) is 5.92 Å². The minimum absolute atomic E-state index is 0. The minimum atomic E-state index is -4.67. The van der Waals surface area contributed by atoms with Gasteiger partial charge >= 0.3 is 10.4 Å². The van der Waals surface area contributed by atoms with Gasteiger partial charge in [0.05, 0.1) is 0 Å². The van der Waals surface area contributed by atoms with Gasteiger partial charge in [0.1, 0.15) is 12.2 Å². The standard InChI is InChI=1S/C17H19NO3.H2O4S.H2O/c1-18-7-6-17-10-3-5-13(20)16(17)21-15-12(19)4-2-9(14(15)17)8-11(10)18;1-5(2,3)4;/h2-5,10-11,13,16,19-20H,6-8H2,1H3;(H2,1,2,3,4);1H2. The lowest BCUT2D eigenvalue weighted by Gasteiger charge is -2.56. The number of ether oxygens (including phenoxy) is 1. The largest absolute Gasteiger partial charge is 0.504 e. The molecule has 10 heteroatoms. The molecule has 0 radical (unpaired) electrons. The van der Waals surface area contributed by atoms with E-state index in [4.69, 9.17) is 22.3 Å². The van der Waals surface area contributed by atoms with Crippen molar-refractivity contribution in [3.8, 4) is 11.5 Å². The first-order valence-corrected chi connectivity index (χ1v) is 9.81. The van der Waals surface area contributed by atoms with Crippen molar-refractivity contribution in [3.05, 3.63) is 35.4 Å². The number of aromatic hydroxyl groups is 1. The Morgan fingerprint density at radius 3 is 2.59 bits per heavy atom. The third-order valence-electron chi connectivity index (χ3n) is 6.15. The number of likely N-dealkylation sites (N-methyl/N-ethyl adjacent to an activating group) is 1. The van der Waals surface area contributed by atoms with Crippen LogP contribution in [0.2, 0.25) is 0 Å². The van der Waals surface area contributed by atoms with Crippen LogP contribution in [0.5, 0.6) is 11.5 Å². The summed E-state index contributed by atoms with van der Waals surface area (Å²) >= 11 is 0. The molecule has 2 bridgehead atoms. The fourth-order valence-corrected chi connectivity index (χ4v) is 5.24. The second kappa shape index (κ2) is 6.43. The number of benzene rings is 1. The molecule has 0 saturated carbocycles. The van der Waals surface area contributed by atoms with E-state index < -0.39 is 16.5 Å². The number of phenolic OH excluding ortho intramolecular Hbond substituents is 1. The summed E-state index contributed by atoms with van der Waals surface area (Å²) in [5.41, 5.74) is 2.29. The predicted molar refractivity (Wildman–Crippen MR) is 95.4 cm³/mol. The van der Waals surface area contributed by atoms with E-state index in [9.17, 15) is 10.2 Å². The van der Waals surface area contributed by atoms with Crippen molar-refractivity contribution in [1.82, 2.24) is 4.90 Å². The molecule has 5 atom stereocenters. The van der Waals surface area contributed by atoms with Crippen LogP contribution < -0.4 is 4.74 Å². The summed E-state index contributed by atoms with van der Waals surface area (Å²) in [5, 5.41) is 20.6. The summed E-state index contributed by atoms with van der Waals surface area (Å²) in [6, 6.07) is 4.23. The number of piperidine rings is 1. The fraction of sp³-hybridized carbons (Fsp3) is 0.529. The Kier molecular flexibility index (Phi) is 4.78. The van der Waals surface area contributed by atoms with Crippen LogP contribution in [0.1, 0.15) is 17.5 Å². The van der Waals surface area contributed by atoms with E-state index >= 15 is 0 Å². The van der Waals surface area contributed by atoms with Crippen LogP contribution in [0.25, 0.3) is 0 Å². The average molecular weight is 401 g/mol. The van der Waals surface area contributed by atoms with Crippen molar-refractivity contribution in [3.63, 3.8) is 0 Å². The highest BCUT2D eigenvalue weighted by molar-refractivity contribution is 7.79. The maximum Gasteiger partial charge on any atom is 0.394 e. The molecule has 6 N–H and O–H groups in total. The molecule has 2 aliphatic carbocycles. The van der Waals surface area contributed by atoms with Crippen molar-refractivity contribution in [2.24, 2.45) is 5.92 Å². The molecule has 9 nitrogen and oxygen atoms in total. The summed E-state index contributed by atoms with van der Waals surface area (Å²) < 4.78 is 37.7. The lowest BCUT2D eigenvalue weighted by Crippen LogP contribution is -2.64. The first-order chi connectivity index (χ1) is 12.1. The van der Waals surface area contributed by atoms with Crippen LogP contribution >= 0.6 is 0 Å². The van der Waals surface area contributed by atoms with Gasteiger partial charge in [-0.15, -0.1) is 0 Å². The van der Waals surface area contributed by atoms with Gasteiger partial charge in [0, 0.05) is 22.9 Å². The lowest BCUT2D eigenvalue weighted by atomic mass is 9.53. The van der Waals surface area contributed by atoms with Gasteiger partial charge in [-0.1, -0.05) is 18.2 Å². The summed E-state index contributed by atoms with van der Waals surface area (Å²) in [6.07, 6.45) is 5.18. The number of likely N-dealkylation sites (tertiary alicyclic amines) is 1. The van der Waals surface area contributed by atoms with E-state index in [2.05, 4.69) is 18.0 Å². The molecule has 5 unspecified atom stereocenters. The molecule has 2 heterocycles. The topological polar surface area (TPSA) is 159 Å². The van der Waals surface area contributed by atoms with Gasteiger partial charge in [0.25, 0.3) is 0 Å². The summed E-state index contributed by atoms with van der Waals surface area (Å²) in [7, 11) is -2.48. The number of rotatable bonds is 0. The highest BCUT2D eigenvalue weighted by Gasteiger charge is 2.64. The fourth-order valence-electron chi connectivity index (χ4n) is 5.24. The molecule has 1 saturated heterocycles. The normalized spacial score (nSPS) is 35.3. The highest BCUT2D eigenvalue weighted by Crippen LogP contribution is 2.62. The van der Waals surface area contributed by atoms with Gasteiger partial charge in [0.15, 0.2) is 11.5 Å². The van der Waals surface area contributed by atoms with Crippen molar-refractivity contribution < 1.29 is 37.9 Å². The number of aliphatic hydroxyl groups excluding tert-OH is 1. The number of phenols is 1. The molecule has 1 fully saturated rings. The van der Waals surface area contributed by atoms with Gasteiger partial charge in [-0.25, -0.2) is 0 Å². The van der Waals surface area contributed by atoms with E-state index in [1.54, 1.807) is 6.07 Å².